The van der Waals surface area contributed by atoms with E-state index < -0.39 is 0 Å². The standard InChI is InChI=1S/C21H18N2O2/c24-21(23-22-14-6-9-17-7-2-1-3-8-17)16-25-20-13-12-18-10-4-5-11-19(18)15-20/h1-15H,16H2,(H,23,24)/b9-6+,22-14-. The van der Waals surface area contributed by atoms with E-state index in [9.17, 15) is 4.79 Å². The summed E-state index contributed by atoms with van der Waals surface area (Å²) in [4.78, 5) is 11.7. The number of rotatable bonds is 6. The first-order chi connectivity index (χ1) is 12.3. The molecule has 0 aliphatic carbocycles. The lowest BCUT2D eigenvalue weighted by Gasteiger charge is -2.06. The molecule has 3 aromatic carbocycles. The van der Waals surface area contributed by atoms with Crippen molar-refractivity contribution in [2.24, 2.45) is 5.10 Å². The smallest absolute Gasteiger partial charge is 0.277 e. The second-order valence-corrected chi connectivity index (χ2v) is 5.38. The second-order valence-electron chi connectivity index (χ2n) is 5.38. The third-order valence-corrected chi connectivity index (χ3v) is 3.53. The lowest BCUT2D eigenvalue weighted by molar-refractivity contribution is -0.123. The van der Waals surface area contributed by atoms with Crippen LogP contribution in [0.3, 0.4) is 0 Å². The summed E-state index contributed by atoms with van der Waals surface area (Å²) < 4.78 is 5.50. The van der Waals surface area contributed by atoms with Gasteiger partial charge in [-0.25, -0.2) is 5.43 Å². The zero-order valence-electron chi connectivity index (χ0n) is 13.6. The molecule has 0 aromatic heterocycles. The molecule has 0 radical (unpaired) electrons. The molecule has 0 aliphatic heterocycles. The van der Waals surface area contributed by atoms with Gasteiger partial charge in [-0.1, -0.05) is 66.7 Å². The number of hydrogen-bond donors (Lipinski definition) is 1. The van der Waals surface area contributed by atoms with Crippen LogP contribution in [-0.4, -0.2) is 18.7 Å². The van der Waals surface area contributed by atoms with Crippen molar-refractivity contribution in [3.63, 3.8) is 0 Å². The van der Waals surface area contributed by atoms with Gasteiger partial charge in [0.05, 0.1) is 0 Å². The van der Waals surface area contributed by atoms with E-state index in [4.69, 9.17) is 4.74 Å². The Bertz CT molecular complexity index is 902. The van der Waals surface area contributed by atoms with Crippen LogP contribution in [-0.2, 0) is 4.79 Å². The fourth-order valence-corrected chi connectivity index (χ4v) is 2.31. The normalized spacial score (nSPS) is 11.2. The third-order valence-electron chi connectivity index (χ3n) is 3.53. The minimum absolute atomic E-state index is 0.0852. The Hall–Kier alpha value is -3.40. The van der Waals surface area contributed by atoms with E-state index in [-0.39, 0.29) is 12.5 Å². The molecule has 1 N–H and O–H groups in total. The Balaban J connectivity index is 1.45. The van der Waals surface area contributed by atoms with Gasteiger partial charge in [-0.3, -0.25) is 4.79 Å². The number of hydrogen-bond acceptors (Lipinski definition) is 3. The number of fused-ring (bicyclic) bond motifs is 1. The van der Waals surface area contributed by atoms with Crippen LogP contribution in [0.4, 0.5) is 0 Å². The molecule has 0 saturated carbocycles. The van der Waals surface area contributed by atoms with Gasteiger partial charge in [0.15, 0.2) is 6.61 Å². The molecule has 4 nitrogen and oxygen atoms in total. The monoisotopic (exact) mass is 330 g/mol. The molecule has 3 rings (SSSR count). The molecule has 0 unspecified atom stereocenters. The van der Waals surface area contributed by atoms with Gasteiger partial charge in [0.2, 0.25) is 0 Å². The van der Waals surface area contributed by atoms with Crippen LogP contribution in [0.1, 0.15) is 5.56 Å². The molecule has 4 heteroatoms. The molecule has 0 fully saturated rings. The lowest BCUT2D eigenvalue weighted by atomic mass is 10.1. The number of carbonyl (C=O) groups excluding carboxylic acids is 1. The first-order valence-corrected chi connectivity index (χ1v) is 7.96. The van der Waals surface area contributed by atoms with E-state index >= 15 is 0 Å². The van der Waals surface area contributed by atoms with Crippen molar-refractivity contribution < 1.29 is 9.53 Å². The zero-order chi connectivity index (χ0) is 17.3. The minimum Gasteiger partial charge on any atom is -0.484 e. The summed E-state index contributed by atoms with van der Waals surface area (Å²) in [7, 11) is 0. The fraction of sp³-hybridized carbons (Fsp3) is 0.0476. The highest BCUT2D eigenvalue weighted by Gasteiger charge is 2.02. The van der Waals surface area contributed by atoms with Crippen LogP contribution >= 0.6 is 0 Å². The Morgan fingerprint density at radius 3 is 2.56 bits per heavy atom. The highest BCUT2D eigenvalue weighted by molar-refractivity contribution is 5.84. The number of nitrogens with one attached hydrogen (secondary N) is 1. The second kappa shape index (κ2) is 8.45. The summed E-state index contributed by atoms with van der Waals surface area (Å²) in [6.45, 7) is -0.0852. The first kappa shape index (κ1) is 16.5. The molecular weight excluding hydrogens is 312 g/mol. The summed E-state index contributed by atoms with van der Waals surface area (Å²) >= 11 is 0. The highest BCUT2D eigenvalue weighted by atomic mass is 16.5. The van der Waals surface area contributed by atoms with Crippen molar-refractivity contribution in [2.45, 2.75) is 0 Å². The van der Waals surface area contributed by atoms with Gasteiger partial charge in [0, 0.05) is 6.21 Å². The number of allylic oxidation sites excluding steroid dienone is 1. The van der Waals surface area contributed by atoms with E-state index in [2.05, 4.69) is 10.5 Å². The largest absolute Gasteiger partial charge is 0.484 e. The quantitative estimate of drug-likeness (QED) is 0.548. The number of ether oxygens (including phenoxy) is 1. The molecule has 124 valence electrons. The van der Waals surface area contributed by atoms with Gasteiger partial charge in [-0.15, -0.1) is 0 Å². The Kier molecular flexibility index (Phi) is 5.56. The van der Waals surface area contributed by atoms with Crippen LogP contribution in [0.25, 0.3) is 16.8 Å². The van der Waals surface area contributed by atoms with Crippen LogP contribution in [0, 0.1) is 0 Å². The van der Waals surface area contributed by atoms with Crippen molar-refractivity contribution in [3.8, 4) is 5.75 Å². The molecule has 3 aromatic rings. The molecular formula is C21H18N2O2. The Morgan fingerprint density at radius 1 is 0.960 bits per heavy atom. The molecule has 0 saturated heterocycles. The van der Waals surface area contributed by atoms with Gasteiger partial charge in [-0.2, -0.15) is 5.10 Å². The number of hydrazone groups is 1. The molecule has 1 amide bonds. The van der Waals surface area contributed by atoms with Crippen LogP contribution in [0.2, 0.25) is 0 Å². The number of carbonyl (C=O) groups is 1. The molecule has 0 spiro atoms. The number of nitrogens with zero attached hydrogens (tertiary/aromatic N) is 1. The zero-order valence-corrected chi connectivity index (χ0v) is 13.6. The van der Waals surface area contributed by atoms with Crippen LogP contribution < -0.4 is 10.2 Å². The first-order valence-electron chi connectivity index (χ1n) is 7.96. The van der Waals surface area contributed by atoms with Gasteiger partial charge in [0.25, 0.3) is 5.91 Å². The third kappa shape index (κ3) is 5.04. The average molecular weight is 330 g/mol. The van der Waals surface area contributed by atoms with Crippen LogP contribution in [0.15, 0.2) is 84.0 Å². The van der Waals surface area contributed by atoms with Gasteiger partial charge < -0.3 is 4.74 Å². The van der Waals surface area contributed by atoms with Gasteiger partial charge >= 0.3 is 0 Å². The van der Waals surface area contributed by atoms with Gasteiger partial charge in [0.1, 0.15) is 5.75 Å². The molecule has 0 heterocycles. The molecule has 0 atom stereocenters. The number of amides is 1. The van der Waals surface area contributed by atoms with E-state index in [0.717, 1.165) is 16.3 Å². The molecule has 25 heavy (non-hydrogen) atoms. The van der Waals surface area contributed by atoms with Crippen molar-refractivity contribution in [1.29, 1.82) is 0 Å². The predicted molar refractivity (Wildman–Crippen MR) is 102 cm³/mol. The topological polar surface area (TPSA) is 50.7 Å². The van der Waals surface area contributed by atoms with Gasteiger partial charge in [-0.05, 0) is 34.5 Å². The summed E-state index contributed by atoms with van der Waals surface area (Å²) in [5.74, 6) is 0.347. The van der Waals surface area contributed by atoms with Crippen molar-refractivity contribution in [1.82, 2.24) is 5.43 Å². The maximum atomic E-state index is 11.7. The van der Waals surface area contributed by atoms with Crippen molar-refractivity contribution >= 4 is 29.0 Å². The fourth-order valence-electron chi connectivity index (χ4n) is 2.31. The summed E-state index contributed by atoms with van der Waals surface area (Å²) in [6, 6.07) is 23.6. The van der Waals surface area contributed by atoms with E-state index in [1.165, 1.54) is 6.21 Å². The summed E-state index contributed by atoms with van der Waals surface area (Å²) in [6.07, 6.45) is 5.20. The van der Waals surface area contributed by atoms with E-state index in [1.807, 2.05) is 78.9 Å². The maximum absolute atomic E-state index is 11.7. The van der Waals surface area contributed by atoms with Crippen LogP contribution in [0.5, 0.6) is 5.75 Å². The summed E-state index contributed by atoms with van der Waals surface area (Å²) in [5.41, 5.74) is 3.50. The minimum atomic E-state index is -0.308. The Morgan fingerprint density at radius 2 is 1.72 bits per heavy atom. The Labute approximate surface area is 146 Å². The predicted octanol–water partition coefficient (Wildman–Crippen LogP) is 4.03. The number of benzene rings is 3. The average Bonchev–Trinajstić information content (AvgIpc) is 2.67. The molecule has 0 bridgehead atoms. The van der Waals surface area contributed by atoms with E-state index in [0.29, 0.717) is 5.75 Å². The summed E-state index contributed by atoms with van der Waals surface area (Å²) in [5, 5.41) is 6.06. The molecule has 0 aliphatic rings. The highest BCUT2D eigenvalue weighted by Crippen LogP contribution is 2.20. The van der Waals surface area contributed by atoms with Crippen molar-refractivity contribution in [2.75, 3.05) is 6.61 Å². The maximum Gasteiger partial charge on any atom is 0.277 e. The van der Waals surface area contributed by atoms with Crippen molar-refractivity contribution in [3.05, 3.63) is 84.4 Å². The SMILES string of the molecule is O=C(COc1ccc2ccccc2c1)N/N=C\C=C\c1ccccc1. The van der Waals surface area contributed by atoms with E-state index in [1.54, 1.807) is 6.08 Å². The lowest BCUT2D eigenvalue weighted by Crippen LogP contribution is -2.24.